The highest BCUT2D eigenvalue weighted by atomic mass is 79.9. The highest BCUT2D eigenvalue weighted by Gasteiger charge is 2.00. The Hall–Kier alpha value is -1.07. The molecule has 1 aromatic carbocycles. The molecule has 1 heterocycles. The first-order chi connectivity index (χ1) is 8.66. The van der Waals surface area contributed by atoms with E-state index in [-0.39, 0.29) is 5.56 Å². The maximum Gasteiger partial charge on any atom is 0.250 e. The smallest absolute Gasteiger partial charge is 0.250 e. The largest absolute Gasteiger partial charge is 0.382 e. The molecule has 0 saturated carbocycles. The predicted octanol–water partition coefficient (Wildman–Crippen LogP) is 3.49. The Morgan fingerprint density at radius 3 is 2.72 bits per heavy atom. The van der Waals surface area contributed by atoms with Gasteiger partial charge in [0.05, 0.1) is 0 Å². The fourth-order valence-electron chi connectivity index (χ4n) is 1.59. The summed E-state index contributed by atoms with van der Waals surface area (Å²) in [5.74, 6) is 0. The number of benzene rings is 1. The summed E-state index contributed by atoms with van der Waals surface area (Å²) >= 11 is 6.89. The molecule has 0 saturated heterocycles. The zero-order chi connectivity index (χ0) is 13.0. The van der Waals surface area contributed by atoms with E-state index in [4.69, 9.17) is 0 Å². The summed E-state index contributed by atoms with van der Waals surface area (Å²) in [5, 5.41) is 3.29. The van der Waals surface area contributed by atoms with E-state index in [0.717, 1.165) is 14.6 Å². The summed E-state index contributed by atoms with van der Waals surface area (Å²) in [4.78, 5) is 11.5. The standard InChI is InChI=1S/C13H12Br2N2O/c14-10-4-5-12(11(15)9-10)16-6-8-17-7-2-1-3-13(17)18/h1-5,7,9,16H,6,8H2. The Morgan fingerprint density at radius 2 is 2.00 bits per heavy atom. The minimum Gasteiger partial charge on any atom is -0.382 e. The minimum absolute atomic E-state index is 0.0224. The molecule has 18 heavy (non-hydrogen) atoms. The number of hydrogen-bond acceptors (Lipinski definition) is 2. The van der Waals surface area contributed by atoms with Crippen molar-refractivity contribution in [2.24, 2.45) is 0 Å². The van der Waals surface area contributed by atoms with Crippen LogP contribution >= 0.6 is 31.9 Å². The van der Waals surface area contributed by atoms with Crippen LogP contribution in [0.2, 0.25) is 0 Å². The van der Waals surface area contributed by atoms with Crippen LogP contribution in [0, 0.1) is 0 Å². The molecule has 94 valence electrons. The Labute approximate surface area is 122 Å². The third-order valence-corrected chi connectivity index (χ3v) is 3.65. The number of hydrogen-bond donors (Lipinski definition) is 1. The summed E-state index contributed by atoms with van der Waals surface area (Å²) in [6.45, 7) is 1.34. The van der Waals surface area contributed by atoms with Gasteiger partial charge < -0.3 is 9.88 Å². The van der Waals surface area contributed by atoms with E-state index < -0.39 is 0 Å². The Kier molecular flexibility index (Phi) is 4.60. The van der Waals surface area contributed by atoms with Crippen LogP contribution in [0.15, 0.2) is 56.3 Å². The maximum atomic E-state index is 11.5. The molecule has 0 radical (unpaired) electrons. The second-order valence-corrected chi connectivity index (χ2v) is 5.55. The van der Waals surface area contributed by atoms with Gasteiger partial charge in [-0.15, -0.1) is 0 Å². The molecule has 0 spiro atoms. The van der Waals surface area contributed by atoms with Gasteiger partial charge in [-0.25, -0.2) is 0 Å². The maximum absolute atomic E-state index is 11.5. The summed E-state index contributed by atoms with van der Waals surface area (Å²) in [6.07, 6.45) is 1.79. The number of nitrogens with one attached hydrogen (secondary N) is 1. The van der Waals surface area contributed by atoms with Crippen LogP contribution in [-0.2, 0) is 6.54 Å². The highest BCUT2D eigenvalue weighted by Crippen LogP contribution is 2.25. The Bertz CT molecular complexity index is 596. The molecule has 0 fully saturated rings. The topological polar surface area (TPSA) is 34.0 Å². The van der Waals surface area contributed by atoms with E-state index in [0.29, 0.717) is 13.1 Å². The molecule has 0 bridgehead atoms. The second-order valence-electron chi connectivity index (χ2n) is 3.78. The van der Waals surface area contributed by atoms with Gasteiger partial charge in [-0.2, -0.15) is 0 Å². The van der Waals surface area contributed by atoms with Crippen LogP contribution in [0.5, 0.6) is 0 Å². The number of pyridine rings is 1. The van der Waals surface area contributed by atoms with E-state index in [1.807, 2.05) is 24.3 Å². The van der Waals surface area contributed by atoms with Crippen molar-refractivity contribution < 1.29 is 0 Å². The van der Waals surface area contributed by atoms with Gasteiger partial charge in [0.25, 0.3) is 5.56 Å². The second kappa shape index (κ2) is 6.20. The lowest BCUT2D eigenvalue weighted by molar-refractivity contribution is 0.697. The molecular weight excluding hydrogens is 360 g/mol. The molecular formula is C13H12Br2N2O. The van der Waals surface area contributed by atoms with Crippen molar-refractivity contribution in [3.05, 3.63) is 61.9 Å². The van der Waals surface area contributed by atoms with Crippen molar-refractivity contribution in [2.75, 3.05) is 11.9 Å². The molecule has 2 rings (SSSR count). The minimum atomic E-state index is 0.0224. The fraction of sp³-hybridized carbons (Fsp3) is 0.154. The van der Waals surface area contributed by atoms with Gasteiger partial charge in [0.2, 0.25) is 0 Å². The van der Waals surface area contributed by atoms with Crippen molar-refractivity contribution in [3.63, 3.8) is 0 Å². The van der Waals surface area contributed by atoms with E-state index in [2.05, 4.69) is 37.2 Å². The van der Waals surface area contributed by atoms with Gasteiger partial charge >= 0.3 is 0 Å². The van der Waals surface area contributed by atoms with Crippen LogP contribution in [0.1, 0.15) is 0 Å². The quantitative estimate of drug-likeness (QED) is 0.892. The SMILES string of the molecule is O=c1ccccn1CCNc1ccc(Br)cc1Br. The molecule has 0 unspecified atom stereocenters. The Morgan fingerprint density at radius 1 is 1.17 bits per heavy atom. The molecule has 1 N–H and O–H groups in total. The monoisotopic (exact) mass is 370 g/mol. The van der Waals surface area contributed by atoms with Gasteiger partial charge in [0.15, 0.2) is 0 Å². The van der Waals surface area contributed by atoms with Crippen molar-refractivity contribution in [2.45, 2.75) is 6.54 Å². The average molecular weight is 372 g/mol. The zero-order valence-corrected chi connectivity index (χ0v) is 12.7. The average Bonchev–Trinajstić information content (AvgIpc) is 2.34. The van der Waals surface area contributed by atoms with E-state index in [1.54, 1.807) is 22.9 Å². The molecule has 0 aliphatic heterocycles. The third kappa shape index (κ3) is 3.46. The van der Waals surface area contributed by atoms with Crippen LogP contribution in [0.4, 0.5) is 5.69 Å². The molecule has 1 aromatic heterocycles. The number of aromatic nitrogens is 1. The molecule has 0 amide bonds. The summed E-state index contributed by atoms with van der Waals surface area (Å²) in [7, 11) is 0. The zero-order valence-electron chi connectivity index (χ0n) is 9.57. The van der Waals surface area contributed by atoms with Crippen LogP contribution in [0.3, 0.4) is 0 Å². The normalized spacial score (nSPS) is 10.3. The summed E-state index contributed by atoms with van der Waals surface area (Å²) < 4.78 is 3.70. The lowest BCUT2D eigenvalue weighted by atomic mass is 10.3. The first kappa shape index (κ1) is 13.4. The van der Waals surface area contributed by atoms with E-state index in [1.165, 1.54) is 0 Å². The predicted molar refractivity (Wildman–Crippen MR) is 81.0 cm³/mol. The molecule has 2 aromatic rings. The lowest BCUT2D eigenvalue weighted by Crippen LogP contribution is -2.22. The Balaban J connectivity index is 1.97. The lowest BCUT2D eigenvalue weighted by Gasteiger charge is -2.10. The molecule has 0 atom stereocenters. The van der Waals surface area contributed by atoms with Crippen molar-refractivity contribution in [3.8, 4) is 0 Å². The fourth-order valence-corrected chi connectivity index (χ4v) is 2.78. The molecule has 3 nitrogen and oxygen atoms in total. The number of rotatable bonds is 4. The van der Waals surface area contributed by atoms with Gasteiger partial charge in [-0.05, 0) is 40.2 Å². The number of nitrogens with zero attached hydrogens (tertiary/aromatic N) is 1. The van der Waals surface area contributed by atoms with Gasteiger partial charge in [0, 0.05) is 40.0 Å². The third-order valence-electron chi connectivity index (χ3n) is 2.50. The number of anilines is 1. The van der Waals surface area contributed by atoms with Crippen molar-refractivity contribution >= 4 is 37.5 Å². The summed E-state index contributed by atoms with van der Waals surface area (Å²) in [5.41, 5.74) is 1.04. The van der Waals surface area contributed by atoms with Crippen LogP contribution in [0.25, 0.3) is 0 Å². The van der Waals surface area contributed by atoms with E-state index in [9.17, 15) is 4.79 Å². The van der Waals surface area contributed by atoms with Gasteiger partial charge in [-0.1, -0.05) is 22.0 Å². The molecule has 0 aliphatic carbocycles. The highest BCUT2D eigenvalue weighted by molar-refractivity contribution is 9.11. The van der Waals surface area contributed by atoms with E-state index >= 15 is 0 Å². The van der Waals surface area contributed by atoms with Crippen molar-refractivity contribution in [1.82, 2.24) is 4.57 Å². The van der Waals surface area contributed by atoms with Gasteiger partial charge in [-0.3, -0.25) is 4.79 Å². The van der Waals surface area contributed by atoms with Crippen molar-refractivity contribution in [1.29, 1.82) is 0 Å². The first-order valence-corrected chi connectivity index (χ1v) is 7.10. The first-order valence-electron chi connectivity index (χ1n) is 5.51. The number of halogens is 2. The molecule has 5 heteroatoms. The molecule has 0 aliphatic rings. The summed E-state index contributed by atoms with van der Waals surface area (Å²) in [6, 6.07) is 11.1. The van der Waals surface area contributed by atoms with Gasteiger partial charge in [0.1, 0.15) is 0 Å². The van der Waals surface area contributed by atoms with Crippen LogP contribution < -0.4 is 10.9 Å². The van der Waals surface area contributed by atoms with Crippen LogP contribution in [-0.4, -0.2) is 11.1 Å².